The number of amides is 1. The summed E-state index contributed by atoms with van der Waals surface area (Å²) in [6.07, 6.45) is 0.746. The molecule has 1 atom stereocenters. The van der Waals surface area contributed by atoms with E-state index in [0.717, 1.165) is 5.56 Å². The van der Waals surface area contributed by atoms with E-state index >= 15 is 0 Å². The van der Waals surface area contributed by atoms with Crippen LogP contribution >= 0.6 is 11.3 Å². The molecular formula is C20H24N4O2S. The first-order valence-corrected chi connectivity index (χ1v) is 9.77. The molecule has 0 saturated carbocycles. The van der Waals surface area contributed by atoms with Crippen molar-refractivity contribution in [3.63, 3.8) is 0 Å². The van der Waals surface area contributed by atoms with Gasteiger partial charge in [-0.05, 0) is 44.6 Å². The summed E-state index contributed by atoms with van der Waals surface area (Å²) in [6.45, 7) is 2.60. The number of nitrogens with one attached hydrogen (secondary N) is 1. The van der Waals surface area contributed by atoms with Crippen molar-refractivity contribution >= 4 is 17.2 Å². The molecule has 0 saturated heterocycles. The molecule has 0 fully saturated rings. The maximum atomic E-state index is 12.2. The van der Waals surface area contributed by atoms with Crippen LogP contribution < -0.4 is 5.32 Å². The molecule has 1 aromatic carbocycles. The fourth-order valence-electron chi connectivity index (χ4n) is 2.71. The van der Waals surface area contributed by atoms with Gasteiger partial charge in [0.2, 0.25) is 17.7 Å². The Hall–Kier alpha value is -2.51. The van der Waals surface area contributed by atoms with Gasteiger partial charge >= 0.3 is 0 Å². The molecule has 0 aliphatic heterocycles. The van der Waals surface area contributed by atoms with E-state index in [9.17, 15) is 4.79 Å². The Morgan fingerprint density at radius 1 is 1.22 bits per heavy atom. The van der Waals surface area contributed by atoms with E-state index < -0.39 is 0 Å². The van der Waals surface area contributed by atoms with Gasteiger partial charge in [0, 0.05) is 29.8 Å². The highest BCUT2D eigenvalue weighted by Gasteiger charge is 2.17. The number of nitrogens with zero attached hydrogens (tertiary/aromatic N) is 3. The fourth-order valence-corrected chi connectivity index (χ4v) is 3.63. The molecule has 1 N–H and O–H groups in total. The first-order chi connectivity index (χ1) is 13.0. The van der Waals surface area contributed by atoms with Crippen LogP contribution in [0.3, 0.4) is 0 Å². The number of hydrogen-bond donors (Lipinski definition) is 1. The number of rotatable bonds is 8. The van der Waals surface area contributed by atoms with E-state index in [2.05, 4.69) is 31.9 Å². The minimum absolute atomic E-state index is 0.0199. The Bertz CT molecular complexity index is 857. The molecule has 7 heteroatoms. The van der Waals surface area contributed by atoms with Crippen LogP contribution in [0, 0.1) is 6.92 Å². The number of thiophene rings is 1. The van der Waals surface area contributed by atoms with Crippen LogP contribution in [-0.4, -0.2) is 41.6 Å². The van der Waals surface area contributed by atoms with Crippen molar-refractivity contribution in [3.8, 4) is 11.5 Å². The molecule has 1 amide bonds. The number of carbonyl (C=O) groups excluding carboxylic acids is 1. The highest BCUT2D eigenvalue weighted by molar-refractivity contribution is 7.10. The lowest BCUT2D eigenvalue weighted by atomic mass is 10.1. The number of hydrogen-bond acceptors (Lipinski definition) is 6. The van der Waals surface area contributed by atoms with Gasteiger partial charge < -0.3 is 14.6 Å². The number of carbonyl (C=O) groups is 1. The zero-order valence-electron chi connectivity index (χ0n) is 15.8. The normalized spacial score (nSPS) is 12.3. The van der Waals surface area contributed by atoms with Crippen molar-refractivity contribution < 1.29 is 9.21 Å². The Balaban J connectivity index is 1.50. The number of benzene rings is 1. The van der Waals surface area contributed by atoms with Crippen LogP contribution in [0.15, 0.2) is 46.2 Å². The average Bonchev–Trinajstić information content (AvgIpc) is 3.33. The third kappa shape index (κ3) is 5.24. The van der Waals surface area contributed by atoms with E-state index in [-0.39, 0.29) is 11.9 Å². The summed E-state index contributed by atoms with van der Waals surface area (Å²) in [5.41, 5.74) is 2.06. The summed E-state index contributed by atoms with van der Waals surface area (Å²) in [4.78, 5) is 15.6. The molecule has 27 heavy (non-hydrogen) atoms. The first kappa shape index (κ1) is 19.3. The molecule has 2 heterocycles. The van der Waals surface area contributed by atoms with Crippen molar-refractivity contribution in [1.82, 2.24) is 20.4 Å². The summed E-state index contributed by atoms with van der Waals surface area (Å²) in [6, 6.07) is 12.2. The predicted molar refractivity (Wildman–Crippen MR) is 107 cm³/mol. The largest absolute Gasteiger partial charge is 0.421 e. The van der Waals surface area contributed by atoms with E-state index in [0.29, 0.717) is 31.2 Å². The summed E-state index contributed by atoms with van der Waals surface area (Å²) in [5.74, 6) is 0.937. The van der Waals surface area contributed by atoms with E-state index in [1.165, 1.54) is 10.4 Å². The van der Waals surface area contributed by atoms with Crippen molar-refractivity contribution in [1.29, 1.82) is 0 Å². The van der Waals surface area contributed by atoms with Crippen LogP contribution in [0.25, 0.3) is 11.5 Å². The van der Waals surface area contributed by atoms with Crippen LogP contribution in [0.4, 0.5) is 0 Å². The van der Waals surface area contributed by atoms with Gasteiger partial charge in [-0.25, -0.2) is 0 Å². The summed E-state index contributed by atoms with van der Waals surface area (Å²) in [7, 11) is 4.03. The standard InChI is InChI=1S/C20H24N4O2S/c1-14-6-8-15(9-7-14)20-23-22-19(26-20)11-10-18(25)21-13-16(24(2)3)17-5-4-12-27-17/h4-9,12,16H,10-11,13H2,1-3H3,(H,21,25). The lowest BCUT2D eigenvalue weighted by molar-refractivity contribution is -0.121. The van der Waals surface area contributed by atoms with E-state index in [1.807, 2.05) is 51.4 Å². The van der Waals surface area contributed by atoms with Crippen LogP contribution in [-0.2, 0) is 11.2 Å². The van der Waals surface area contributed by atoms with Crippen LogP contribution in [0.5, 0.6) is 0 Å². The second-order valence-corrected chi connectivity index (χ2v) is 7.65. The van der Waals surface area contributed by atoms with Crippen molar-refractivity contribution in [2.45, 2.75) is 25.8 Å². The van der Waals surface area contributed by atoms with Gasteiger partial charge in [-0.1, -0.05) is 23.8 Å². The lowest BCUT2D eigenvalue weighted by Gasteiger charge is -2.23. The fraction of sp³-hybridized carbons (Fsp3) is 0.350. The molecule has 1 unspecified atom stereocenters. The van der Waals surface area contributed by atoms with Crippen molar-refractivity contribution in [2.24, 2.45) is 0 Å². The van der Waals surface area contributed by atoms with E-state index in [1.54, 1.807) is 11.3 Å². The quantitative estimate of drug-likeness (QED) is 0.644. The molecule has 0 radical (unpaired) electrons. The molecule has 6 nitrogen and oxygen atoms in total. The van der Waals surface area contributed by atoms with Gasteiger partial charge in [-0.2, -0.15) is 0 Å². The molecule has 3 rings (SSSR count). The van der Waals surface area contributed by atoms with Gasteiger partial charge in [0.05, 0.1) is 6.04 Å². The Morgan fingerprint density at radius 3 is 2.67 bits per heavy atom. The van der Waals surface area contributed by atoms with Gasteiger partial charge in [0.1, 0.15) is 0 Å². The zero-order chi connectivity index (χ0) is 19.2. The smallest absolute Gasteiger partial charge is 0.247 e. The second kappa shape index (κ2) is 8.92. The lowest BCUT2D eigenvalue weighted by Crippen LogP contribution is -2.34. The minimum atomic E-state index is -0.0199. The summed E-state index contributed by atoms with van der Waals surface area (Å²) < 4.78 is 5.67. The Kier molecular flexibility index (Phi) is 6.36. The third-order valence-corrected chi connectivity index (χ3v) is 5.29. The molecular weight excluding hydrogens is 360 g/mol. The number of likely N-dealkylation sites (N-methyl/N-ethyl adjacent to an activating group) is 1. The average molecular weight is 385 g/mol. The number of aryl methyl sites for hydroxylation is 2. The van der Waals surface area contributed by atoms with Crippen LogP contribution in [0.2, 0.25) is 0 Å². The number of aromatic nitrogens is 2. The SMILES string of the molecule is Cc1ccc(-c2nnc(CCC(=O)NCC(c3cccs3)N(C)C)o2)cc1. The molecule has 142 valence electrons. The predicted octanol–water partition coefficient (Wildman–Crippen LogP) is 3.46. The molecule has 3 aromatic rings. The molecule has 0 aliphatic carbocycles. The second-order valence-electron chi connectivity index (χ2n) is 6.67. The molecule has 2 aromatic heterocycles. The topological polar surface area (TPSA) is 71.3 Å². The zero-order valence-corrected chi connectivity index (χ0v) is 16.6. The monoisotopic (exact) mass is 384 g/mol. The summed E-state index contributed by atoms with van der Waals surface area (Å²) in [5, 5.41) is 13.2. The van der Waals surface area contributed by atoms with Crippen LogP contribution in [0.1, 0.15) is 28.8 Å². The molecule has 0 bridgehead atoms. The van der Waals surface area contributed by atoms with Gasteiger partial charge in [0.25, 0.3) is 0 Å². The highest BCUT2D eigenvalue weighted by atomic mass is 32.1. The maximum Gasteiger partial charge on any atom is 0.247 e. The summed E-state index contributed by atoms with van der Waals surface area (Å²) >= 11 is 1.70. The van der Waals surface area contributed by atoms with Crippen molar-refractivity contribution in [3.05, 3.63) is 58.1 Å². The third-order valence-electron chi connectivity index (χ3n) is 4.32. The molecule has 0 aliphatic rings. The van der Waals surface area contributed by atoms with Crippen molar-refractivity contribution in [2.75, 3.05) is 20.6 Å². The van der Waals surface area contributed by atoms with Gasteiger partial charge in [0.15, 0.2) is 0 Å². The Morgan fingerprint density at radius 2 is 2.00 bits per heavy atom. The first-order valence-electron chi connectivity index (χ1n) is 8.89. The molecule has 0 spiro atoms. The van der Waals surface area contributed by atoms with Gasteiger partial charge in [-0.3, -0.25) is 4.79 Å². The maximum absolute atomic E-state index is 12.2. The van der Waals surface area contributed by atoms with Gasteiger partial charge in [-0.15, -0.1) is 21.5 Å². The minimum Gasteiger partial charge on any atom is -0.421 e. The Labute approximate surface area is 163 Å². The van der Waals surface area contributed by atoms with E-state index in [4.69, 9.17) is 4.42 Å². The highest BCUT2D eigenvalue weighted by Crippen LogP contribution is 2.22.